The normalized spacial score (nSPS) is 20.5. The topological polar surface area (TPSA) is 60.8 Å². The highest BCUT2D eigenvalue weighted by molar-refractivity contribution is 5.79. The summed E-state index contributed by atoms with van der Waals surface area (Å²) in [6, 6.07) is 24.2. The molecule has 1 saturated heterocycles. The van der Waals surface area contributed by atoms with Gasteiger partial charge < -0.3 is 15.1 Å². The van der Waals surface area contributed by atoms with Crippen molar-refractivity contribution in [3.05, 3.63) is 95.8 Å². The van der Waals surface area contributed by atoms with Crippen molar-refractivity contribution in [1.82, 2.24) is 4.90 Å². The Labute approximate surface area is 194 Å². The Kier molecular flexibility index (Phi) is 6.91. The molecule has 0 aliphatic carbocycles. The number of benzene rings is 3. The number of amides is 1. The van der Waals surface area contributed by atoms with Crippen molar-refractivity contribution >= 4 is 5.91 Å². The van der Waals surface area contributed by atoms with E-state index in [0.717, 1.165) is 28.7 Å². The van der Waals surface area contributed by atoms with E-state index >= 15 is 0 Å². The van der Waals surface area contributed by atoms with Gasteiger partial charge in [0.25, 0.3) is 0 Å². The van der Waals surface area contributed by atoms with Crippen LogP contribution < -0.4 is 0 Å². The van der Waals surface area contributed by atoms with Crippen LogP contribution in [0.1, 0.15) is 43.4 Å². The van der Waals surface area contributed by atoms with Crippen molar-refractivity contribution in [1.29, 1.82) is 0 Å². The minimum atomic E-state index is -0.860. The predicted molar refractivity (Wildman–Crippen MR) is 127 cm³/mol. The summed E-state index contributed by atoms with van der Waals surface area (Å²) in [5, 5.41) is 19.7. The standard InChI is InChI=1S/C28H30FNO3/c1-20(21-7-9-22(10-8-21)23-11-13-25(29)14-12-23)30-16-15-28(18-27(30)33,17-26(32)19-31)24-5-3-2-4-6-24/h2-14,20,26,31-32H,15-19H2,1H3/t20-,26+,28+/m0/s1. The number of nitrogens with zero attached hydrogens (tertiary/aromatic N) is 1. The lowest BCUT2D eigenvalue weighted by Crippen LogP contribution is -2.48. The monoisotopic (exact) mass is 447 g/mol. The molecule has 0 saturated carbocycles. The van der Waals surface area contributed by atoms with E-state index in [1.54, 1.807) is 12.1 Å². The Bertz CT molecular complexity index is 1070. The molecule has 3 aromatic rings. The zero-order valence-corrected chi connectivity index (χ0v) is 18.8. The first-order valence-electron chi connectivity index (χ1n) is 11.4. The third-order valence-electron chi connectivity index (χ3n) is 6.90. The van der Waals surface area contributed by atoms with Gasteiger partial charge in [0.1, 0.15) is 5.82 Å². The molecule has 4 rings (SSSR count). The van der Waals surface area contributed by atoms with Gasteiger partial charge in [-0.3, -0.25) is 4.79 Å². The number of carbonyl (C=O) groups excluding carboxylic acids is 1. The minimum absolute atomic E-state index is 0.0466. The molecule has 1 aliphatic heterocycles. The molecule has 2 N–H and O–H groups in total. The number of likely N-dealkylation sites (tertiary alicyclic amines) is 1. The first-order chi connectivity index (χ1) is 15.9. The zero-order chi connectivity index (χ0) is 23.4. The summed E-state index contributed by atoms with van der Waals surface area (Å²) in [6.07, 6.45) is 0.513. The number of hydrogen-bond acceptors (Lipinski definition) is 3. The molecule has 1 heterocycles. The van der Waals surface area contributed by atoms with Crippen LogP contribution in [0, 0.1) is 5.82 Å². The summed E-state index contributed by atoms with van der Waals surface area (Å²) in [4.78, 5) is 15.2. The number of aliphatic hydroxyl groups excluding tert-OH is 2. The van der Waals surface area contributed by atoms with Gasteiger partial charge in [0, 0.05) is 18.4 Å². The number of aliphatic hydroxyl groups is 2. The van der Waals surface area contributed by atoms with Crippen molar-refractivity contribution in [3.63, 3.8) is 0 Å². The van der Waals surface area contributed by atoms with Gasteiger partial charge in [-0.05, 0) is 54.2 Å². The largest absolute Gasteiger partial charge is 0.394 e. The van der Waals surface area contributed by atoms with Gasteiger partial charge in [-0.1, -0.05) is 66.7 Å². The fourth-order valence-corrected chi connectivity index (χ4v) is 4.97. The second-order valence-corrected chi connectivity index (χ2v) is 9.01. The highest BCUT2D eigenvalue weighted by Crippen LogP contribution is 2.42. The van der Waals surface area contributed by atoms with Crippen molar-refractivity contribution in [3.8, 4) is 11.1 Å². The molecule has 4 nitrogen and oxygen atoms in total. The van der Waals surface area contributed by atoms with Gasteiger partial charge in [0.2, 0.25) is 5.91 Å². The van der Waals surface area contributed by atoms with Gasteiger partial charge in [0.05, 0.1) is 18.8 Å². The van der Waals surface area contributed by atoms with Crippen LogP contribution in [0.3, 0.4) is 0 Å². The molecule has 3 aromatic carbocycles. The second-order valence-electron chi connectivity index (χ2n) is 9.01. The fraction of sp³-hybridized carbons (Fsp3) is 0.321. The van der Waals surface area contributed by atoms with E-state index in [-0.39, 0.29) is 24.4 Å². The summed E-state index contributed by atoms with van der Waals surface area (Å²) in [7, 11) is 0. The Morgan fingerprint density at radius 2 is 1.58 bits per heavy atom. The van der Waals surface area contributed by atoms with Gasteiger partial charge in [0.15, 0.2) is 0 Å². The maximum atomic E-state index is 13.3. The van der Waals surface area contributed by atoms with Crippen LogP contribution in [0.25, 0.3) is 11.1 Å². The van der Waals surface area contributed by atoms with E-state index in [0.29, 0.717) is 19.4 Å². The average molecular weight is 448 g/mol. The van der Waals surface area contributed by atoms with E-state index in [9.17, 15) is 19.4 Å². The van der Waals surface area contributed by atoms with Crippen LogP contribution in [-0.4, -0.2) is 40.3 Å². The Balaban J connectivity index is 1.51. The molecule has 0 bridgehead atoms. The quantitative estimate of drug-likeness (QED) is 0.544. The first-order valence-corrected chi connectivity index (χ1v) is 11.4. The molecule has 0 radical (unpaired) electrons. The number of hydrogen-bond donors (Lipinski definition) is 2. The van der Waals surface area contributed by atoms with E-state index in [1.165, 1.54) is 12.1 Å². The SMILES string of the molecule is C[C@@H](c1ccc(-c2ccc(F)cc2)cc1)N1CC[C@](C[C@@H](O)CO)(c2ccccc2)CC1=O. The lowest BCUT2D eigenvalue weighted by atomic mass is 9.68. The summed E-state index contributed by atoms with van der Waals surface area (Å²) < 4.78 is 13.2. The van der Waals surface area contributed by atoms with Crippen LogP contribution in [0.5, 0.6) is 0 Å². The van der Waals surface area contributed by atoms with E-state index in [4.69, 9.17) is 0 Å². The lowest BCUT2D eigenvalue weighted by Gasteiger charge is -2.44. The summed E-state index contributed by atoms with van der Waals surface area (Å²) >= 11 is 0. The molecule has 0 unspecified atom stereocenters. The second kappa shape index (κ2) is 9.86. The van der Waals surface area contributed by atoms with Crippen LogP contribution >= 0.6 is 0 Å². The van der Waals surface area contributed by atoms with Gasteiger partial charge >= 0.3 is 0 Å². The molecular formula is C28H30FNO3. The van der Waals surface area contributed by atoms with Crippen LogP contribution in [0.4, 0.5) is 4.39 Å². The molecule has 1 fully saturated rings. The van der Waals surface area contributed by atoms with Crippen LogP contribution in [-0.2, 0) is 10.2 Å². The average Bonchev–Trinajstić information content (AvgIpc) is 2.85. The third kappa shape index (κ3) is 5.00. The maximum Gasteiger partial charge on any atom is 0.223 e. The van der Waals surface area contributed by atoms with Crippen LogP contribution in [0.2, 0.25) is 0 Å². The van der Waals surface area contributed by atoms with Crippen molar-refractivity contribution in [2.75, 3.05) is 13.2 Å². The van der Waals surface area contributed by atoms with Crippen molar-refractivity contribution in [2.45, 2.75) is 43.7 Å². The van der Waals surface area contributed by atoms with Gasteiger partial charge in [-0.15, -0.1) is 0 Å². The van der Waals surface area contributed by atoms with E-state index < -0.39 is 11.5 Å². The summed E-state index contributed by atoms with van der Waals surface area (Å²) in [5.74, 6) is -0.212. The maximum absolute atomic E-state index is 13.3. The molecule has 0 aromatic heterocycles. The lowest BCUT2D eigenvalue weighted by molar-refractivity contribution is -0.139. The Hall–Kier alpha value is -3.02. The smallest absolute Gasteiger partial charge is 0.223 e. The summed E-state index contributed by atoms with van der Waals surface area (Å²) in [6.45, 7) is 2.29. The molecule has 33 heavy (non-hydrogen) atoms. The molecule has 5 heteroatoms. The minimum Gasteiger partial charge on any atom is -0.394 e. The molecule has 3 atom stereocenters. The highest BCUT2D eigenvalue weighted by Gasteiger charge is 2.42. The van der Waals surface area contributed by atoms with Crippen LogP contribution in [0.15, 0.2) is 78.9 Å². The first kappa shape index (κ1) is 23.1. The van der Waals surface area contributed by atoms with Crippen molar-refractivity contribution < 1.29 is 19.4 Å². The molecule has 1 aliphatic rings. The Morgan fingerprint density at radius 1 is 0.970 bits per heavy atom. The predicted octanol–water partition coefficient (Wildman–Crippen LogP) is 4.86. The fourth-order valence-electron chi connectivity index (χ4n) is 4.97. The summed E-state index contributed by atoms with van der Waals surface area (Å²) in [5.41, 5.74) is 3.53. The van der Waals surface area contributed by atoms with Gasteiger partial charge in [-0.25, -0.2) is 4.39 Å². The number of carbonyl (C=O) groups is 1. The third-order valence-corrected chi connectivity index (χ3v) is 6.90. The molecule has 0 spiro atoms. The molecule has 1 amide bonds. The van der Waals surface area contributed by atoms with E-state index in [1.807, 2.05) is 66.4 Å². The molecular weight excluding hydrogens is 417 g/mol. The number of piperidine rings is 1. The zero-order valence-electron chi connectivity index (χ0n) is 18.8. The molecule has 172 valence electrons. The number of rotatable bonds is 7. The van der Waals surface area contributed by atoms with Crippen molar-refractivity contribution in [2.24, 2.45) is 0 Å². The van der Waals surface area contributed by atoms with E-state index in [2.05, 4.69) is 0 Å². The van der Waals surface area contributed by atoms with Gasteiger partial charge in [-0.2, -0.15) is 0 Å². The Morgan fingerprint density at radius 3 is 2.15 bits per heavy atom. The number of halogens is 1. The highest BCUT2D eigenvalue weighted by atomic mass is 19.1.